The first-order chi connectivity index (χ1) is 8.49. The molecule has 0 saturated carbocycles. The van der Waals surface area contributed by atoms with E-state index in [0.717, 1.165) is 0 Å². The number of hydrogen-bond donors (Lipinski definition) is 4. The number of rotatable bonds is 7. The maximum Gasteiger partial charge on any atom is 0.326 e. The van der Waals surface area contributed by atoms with E-state index in [1.54, 1.807) is 6.92 Å². The number of H-pyrrole nitrogens is 1. The molecule has 7 heteroatoms. The third-order valence-electron chi connectivity index (χ3n) is 2.44. The van der Waals surface area contributed by atoms with Gasteiger partial charge >= 0.3 is 5.97 Å². The summed E-state index contributed by atoms with van der Waals surface area (Å²) in [6, 6.07) is -1.03. The van der Waals surface area contributed by atoms with Gasteiger partial charge in [-0.3, -0.25) is 4.79 Å². The second-order valence-electron chi connectivity index (χ2n) is 4.26. The van der Waals surface area contributed by atoms with Gasteiger partial charge in [-0.2, -0.15) is 0 Å². The maximum atomic E-state index is 11.5. The van der Waals surface area contributed by atoms with Crippen LogP contribution >= 0.6 is 0 Å². The molecule has 1 aromatic heterocycles. The van der Waals surface area contributed by atoms with Crippen LogP contribution in [-0.4, -0.2) is 39.0 Å². The lowest BCUT2D eigenvalue weighted by atomic mass is 10.1. The molecule has 0 aromatic carbocycles. The molecule has 0 radical (unpaired) electrons. The van der Waals surface area contributed by atoms with Crippen LogP contribution in [0.4, 0.5) is 0 Å². The Morgan fingerprint density at radius 1 is 1.61 bits per heavy atom. The van der Waals surface area contributed by atoms with E-state index in [9.17, 15) is 9.59 Å². The monoisotopic (exact) mass is 254 g/mol. The van der Waals surface area contributed by atoms with Crippen LogP contribution in [0.25, 0.3) is 0 Å². The second-order valence-corrected chi connectivity index (χ2v) is 4.26. The third kappa shape index (κ3) is 4.96. The number of carboxylic acid groups (broad SMARTS) is 1. The van der Waals surface area contributed by atoms with Gasteiger partial charge in [0.1, 0.15) is 6.04 Å². The van der Waals surface area contributed by atoms with Crippen molar-refractivity contribution >= 4 is 11.9 Å². The van der Waals surface area contributed by atoms with Crippen LogP contribution in [0, 0.1) is 0 Å². The molecule has 0 bridgehead atoms. The minimum Gasteiger partial charge on any atom is -0.480 e. The molecule has 1 heterocycles. The van der Waals surface area contributed by atoms with Crippen molar-refractivity contribution in [2.45, 2.75) is 38.3 Å². The summed E-state index contributed by atoms with van der Waals surface area (Å²) < 4.78 is 0. The Morgan fingerprint density at radius 3 is 2.83 bits per heavy atom. The summed E-state index contributed by atoms with van der Waals surface area (Å²) in [5, 5.41) is 11.5. The van der Waals surface area contributed by atoms with Crippen LogP contribution in [0.2, 0.25) is 0 Å². The molecule has 18 heavy (non-hydrogen) atoms. The molecule has 1 amide bonds. The Morgan fingerprint density at radius 2 is 2.33 bits per heavy atom. The van der Waals surface area contributed by atoms with Gasteiger partial charge < -0.3 is 21.1 Å². The van der Waals surface area contributed by atoms with Crippen molar-refractivity contribution in [3.63, 3.8) is 0 Å². The predicted octanol–water partition coefficient (Wildman–Crippen LogP) is -0.351. The standard InChI is InChI=1S/C11H18N4O3/c1-7(12)2-3-10(16)15-9(11(17)18)4-8-5-13-6-14-8/h5-7,9H,2-4,12H2,1H3,(H,13,14)(H,15,16)(H,17,18)/t7?,9-/m0/s1. The van der Waals surface area contributed by atoms with Crippen LogP contribution < -0.4 is 11.1 Å². The lowest BCUT2D eigenvalue weighted by molar-refractivity contribution is -0.141. The average molecular weight is 254 g/mol. The van der Waals surface area contributed by atoms with Crippen molar-refractivity contribution in [1.82, 2.24) is 15.3 Å². The number of carbonyl (C=O) groups is 2. The zero-order chi connectivity index (χ0) is 13.5. The SMILES string of the molecule is CC(N)CCC(=O)N[C@@H](Cc1cnc[nH]1)C(=O)O. The highest BCUT2D eigenvalue weighted by Gasteiger charge is 2.20. The molecule has 2 atom stereocenters. The molecule has 0 fully saturated rings. The molecule has 1 unspecified atom stereocenters. The van der Waals surface area contributed by atoms with Crippen molar-refractivity contribution in [3.8, 4) is 0 Å². The summed E-state index contributed by atoms with van der Waals surface area (Å²) >= 11 is 0. The minimum absolute atomic E-state index is 0.0772. The Labute approximate surface area is 105 Å². The van der Waals surface area contributed by atoms with Crippen molar-refractivity contribution in [2.75, 3.05) is 0 Å². The summed E-state index contributed by atoms with van der Waals surface area (Å²) in [7, 11) is 0. The highest BCUT2D eigenvalue weighted by molar-refractivity contribution is 5.83. The second kappa shape index (κ2) is 6.75. The van der Waals surface area contributed by atoms with Gasteiger partial charge in [-0.1, -0.05) is 0 Å². The number of nitrogens with two attached hydrogens (primary N) is 1. The predicted molar refractivity (Wildman–Crippen MR) is 64.7 cm³/mol. The van der Waals surface area contributed by atoms with Crippen LogP contribution in [0.3, 0.4) is 0 Å². The molecule has 0 aliphatic heterocycles. The third-order valence-corrected chi connectivity index (χ3v) is 2.44. The number of hydrogen-bond acceptors (Lipinski definition) is 4. The topological polar surface area (TPSA) is 121 Å². The zero-order valence-electron chi connectivity index (χ0n) is 10.2. The fourth-order valence-electron chi connectivity index (χ4n) is 1.44. The number of imidazole rings is 1. The highest BCUT2D eigenvalue weighted by Crippen LogP contribution is 2.00. The summed E-state index contributed by atoms with van der Waals surface area (Å²) in [5.74, 6) is -1.38. The van der Waals surface area contributed by atoms with E-state index in [2.05, 4.69) is 15.3 Å². The van der Waals surface area contributed by atoms with E-state index < -0.39 is 12.0 Å². The number of aliphatic carboxylic acids is 1. The summed E-state index contributed by atoms with van der Waals surface area (Å²) in [5.41, 5.74) is 6.19. The van der Waals surface area contributed by atoms with Gasteiger partial charge in [-0.25, -0.2) is 9.78 Å². The number of carboxylic acids is 1. The molecule has 5 N–H and O–H groups in total. The Kier molecular flexibility index (Phi) is 5.31. The van der Waals surface area contributed by atoms with E-state index in [1.165, 1.54) is 12.5 Å². The van der Waals surface area contributed by atoms with Gasteiger partial charge in [-0.15, -0.1) is 0 Å². The number of nitrogens with zero attached hydrogens (tertiary/aromatic N) is 1. The number of aromatic amines is 1. The molecule has 1 rings (SSSR count). The number of amides is 1. The van der Waals surface area contributed by atoms with Gasteiger partial charge in [0.2, 0.25) is 5.91 Å². The summed E-state index contributed by atoms with van der Waals surface area (Å²) in [6.45, 7) is 1.80. The highest BCUT2D eigenvalue weighted by atomic mass is 16.4. The first-order valence-corrected chi connectivity index (χ1v) is 5.74. The zero-order valence-corrected chi connectivity index (χ0v) is 10.2. The van der Waals surface area contributed by atoms with Crippen molar-refractivity contribution in [3.05, 3.63) is 18.2 Å². The quantitative estimate of drug-likeness (QED) is 0.530. The van der Waals surface area contributed by atoms with Crippen LogP contribution in [0.1, 0.15) is 25.5 Å². The minimum atomic E-state index is -1.07. The van der Waals surface area contributed by atoms with Gasteiger partial charge in [0.05, 0.1) is 6.33 Å². The van der Waals surface area contributed by atoms with Crippen LogP contribution in [0.5, 0.6) is 0 Å². The first kappa shape index (κ1) is 14.2. The smallest absolute Gasteiger partial charge is 0.326 e. The van der Waals surface area contributed by atoms with Crippen molar-refractivity contribution in [2.24, 2.45) is 5.73 Å². The largest absolute Gasteiger partial charge is 0.480 e. The lowest BCUT2D eigenvalue weighted by Crippen LogP contribution is -2.42. The molecule has 0 spiro atoms. The molecular weight excluding hydrogens is 236 g/mol. The lowest BCUT2D eigenvalue weighted by Gasteiger charge is -2.14. The molecule has 0 aliphatic carbocycles. The van der Waals surface area contributed by atoms with Crippen molar-refractivity contribution in [1.29, 1.82) is 0 Å². The fraction of sp³-hybridized carbons (Fsp3) is 0.545. The van der Waals surface area contributed by atoms with E-state index in [4.69, 9.17) is 10.8 Å². The van der Waals surface area contributed by atoms with Gasteiger partial charge in [0.25, 0.3) is 0 Å². The molecule has 7 nitrogen and oxygen atoms in total. The number of aromatic nitrogens is 2. The Hall–Kier alpha value is -1.89. The van der Waals surface area contributed by atoms with E-state index >= 15 is 0 Å². The van der Waals surface area contributed by atoms with Gasteiger partial charge in [0, 0.05) is 30.8 Å². The Balaban J connectivity index is 2.48. The normalized spacial score (nSPS) is 13.9. The van der Waals surface area contributed by atoms with Crippen LogP contribution in [-0.2, 0) is 16.0 Å². The maximum absolute atomic E-state index is 11.5. The van der Waals surface area contributed by atoms with Crippen LogP contribution in [0.15, 0.2) is 12.5 Å². The molecule has 100 valence electrons. The van der Waals surface area contributed by atoms with E-state index in [-0.39, 0.29) is 24.8 Å². The first-order valence-electron chi connectivity index (χ1n) is 5.74. The summed E-state index contributed by atoms with van der Waals surface area (Å²) in [4.78, 5) is 29.2. The summed E-state index contributed by atoms with van der Waals surface area (Å²) in [6.07, 6.45) is 3.93. The Bertz CT molecular complexity index is 389. The molecule has 0 aliphatic rings. The van der Waals surface area contributed by atoms with Gasteiger partial charge in [0.15, 0.2) is 0 Å². The molecule has 0 saturated heterocycles. The average Bonchev–Trinajstić information content (AvgIpc) is 2.78. The van der Waals surface area contributed by atoms with E-state index in [1.807, 2.05) is 0 Å². The number of nitrogens with one attached hydrogen (secondary N) is 2. The molecular formula is C11H18N4O3. The number of carbonyl (C=O) groups excluding carboxylic acids is 1. The fourth-order valence-corrected chi connectivity index (χ4v) is 1.44. The van der Waals surface area contributed by atoms with E-state index in [0.29, 0.717) is 12.1 Å². The molecule has 1 aromatic rings. The van der Waals surface area contributed by atoms with Gasteiger partial charge in [-0.05, 0) is 13.3 Å². The van der Waals surface area contributed by atoms with Crippen molar-refractivity contribution < 1.29 is 14.7 Å².